The van der Waals surface area contributed by atoms with Gasteiger partial charge in [0.2, 0.25) is 10.0 Å². The lowest BCUT2D eigenvalue weighted by molar-refractivity contribution is 0.381. The summed E-state index contributed by atoms with van der Waals surface area (Å²) in [7, 11) is -3.38. The summed E-state index contributed by atoms with van der Waals surface area (Å²) in [5.41, 5.74) is 0. The van der Waals surface area contributed by atoms with Crippen LogP contribution in [0.15, 0.2) is 11.0 Å². The number of hydrogen-bond donors (Lipinski definition) is 0. The summed E-state index contributed by atoms with van der Waals surface area (Å²) >= 11 is 7.21. The zero-order valence-corrected chi connectivity index (χ0v) is 13.6. The van der Waals surface area contributed by atoms with Gasteiger partial charge < -0.3 is 0 Å². The third-order valence-electron chi connectivity index (χ3n) is 2.59. The first-order valence-corrected chi connectivity index (χ1v) is 8.77. The fraction of sp³-hybridized carbons (Fsp3) is 0.667. The normalized spacial score (nSPS) is 12.6. The summed E-state index contributed by atoms with van der Waals surface area (Å²) in [5, 5.41) is 0. The summed E-state index contributed by atoms with van der Waals surface area (Å²) < 4.78 is 26.6. The summed E-state index contributed by atoms with van der Waals surface area (Å²) in [6.07, 6.45) is 0. The summed E-state index contributed by atoms with van der Waals surface area (Å²) in [5.74, 6) is 0.670. The molecule has 0 aromatic carbocycles. The Balaban J connectivity index is 3.14. The molecule has 1 heterocycles. The Morgan fingerprint density at radius 1 is 1.44 bits per heavy atom. The van der Waals surface area contributed by atoms with Crippen molar-refractivity contribution in [2.24, 2.45) is 5.92 Å². The second-order valence-corrected chi connectivity index (χ2v) is 8.13. The Kier molecular flexibility index (Phi) is 5.65. The summed E-state index contributed by atoms with van der Waals surface area (Å²) in [4.78, 5) is 2.12. The van der Waals surface area contributed by atoms with Crippen molar-refractivity contribution in [2.45, 2.75) is 38.5 Å². The van der Waals surface area contributed by atoms with Gasteiger partial charge in [0.15, 0.2) is 0 Å². The quantitative estimate of drug-likeness (QED) is 0.755. The van der Waals surface area contributed by atoms with Gasteiger partial charge in [-0.25, -0.2) is 8.42 Å². The van der Waals surface area contributed by atoms with E-state index >= 15 is 0 Å². The smallest absolute Gasteiger partial charge is 0.207 e. The Bertz CT molecular complexity index is 494. The summed E-state index contributed by atoms with van der Waals surface area (Å²) in [6.45, 7) is 8.77. The predicted molar refractivity (Wildman–Crippen MR) is 77.9 cm³/mol. The molecule has 0 aliphatic carbocycles. The van der Waals surface area contributed by atoms with E-state index in [9.17, 15) is 8.42 Å². The first-order valence-electron chi connectivity index (χ1n) is 5.98. The van der Waals surface area contributed by atoms with Crippen LogP contribution in [0, 0.1) is 12.8 Å². The fourth-order valence-corrected chi connectivity index (χ4v) is 5.10. The van der Waals surface area contributed by atoms with Crippen LogP contribution in [0.2, 0.25) is 0 Å². The molecule has 3 nitrogen and oxygen atoms in total. The zero-order valence-electron chi connectivity index (χ0n) is 11.2. The minimum Gasteiger partial charge on any atom is -0.207 e. The molecule has 0 N–H and O–H groups in total. The van der Waals surface area contributed by atoms with E-state index in [0.717, 1.165) is 9.75 Å². The molecular formula is C12H20ClNO2S2. The Morgan fingerprint density at radius 3 is 2.44 bits per heavy atom. The molecular weight excluding hydrogens is 290 g/mol. The van der Waals surface area contributed by atoms with Gasteiger partial charge in [0.1, 0.15) is 0 Å². The van der Waals surface area contributed by atoms with E-state index in [2.05, 4.69) is 0 Å². The lowest BCUT2D eigenvalue weighted by Crippen LogP contribution is -2.34. The van der Waals surface area contributed by atoms with E-state index < -0.39 is 10.0 Å². The SMILES string of the molecule is CCN(CC(C)C)S(=O)(=O)c1cc(CCl)sc1C. The van der Waals surface area contributed by atoms with Crippen molar-refractivity contribution in [1.29, 1.82) is 0 Å². The van der Waals surface area contributed by atoms with Gasteiger partial charge in [-0.3, -0.25) is 0 Å². The molecule has 0 saturated carbocycles. The zero-order chi connectivity index (χ0) is 13.9. The highest BCUT2D eigenvalue weighted by Gasteiger charge is 2.26. The third-order valence-corrected chi connectivity index (χ3v) is 6.29. The lowest BCUT2D eigenvalue weighted by atomic mass is 10.2. The maximum atomic E-state index is 12.5. The van der Waals surface area contributed by atoms with Crippen molar-refractivity contribution >= 4 is 33.0 Å². The van der Waals surface area contributed by atoms with Crippen LogP contribution < -0.4 is 0 Å². The van der Waals surface area contributed by atoms with Crippen LogP contribution in [-0.4, -0.2) is 25.8 Å². The first kappa shape index (κ1) is 16.0. The second-order valence-electron chi connectivity index (χ2n) is 4.62. The van der Waals surface area contributed by atoms with Gasteiger partial charge in [0.25, 0.3) is 0 Å². The van der Waals surface area contributed by atoms with Crippen LogP contribution in [0.5, 0.6) is 0 Å². The molecule has 0 spiro atoms. The van der Waals surface area contributed by atoms with E-state index in [1.165, 1.54) is 15.6 Å². The molecule has 0 radical (unpaired) electrons. The number of rotatable bonds is 6. The molecule has 0 saturated heterocycles. The van der Waals surface area contributed by atoms with Gasteiger partial charge in [0.05, 0.1) is 10.8 Å². The van der Waals surface area contributed by atoms with Crippen molar-refractivity contribution in [3.05, 3.63) is 15.8 Å². The lowest BCUT2D eigenvalue weighted by Gasteiger charge is -2.22. The van der Waals surface area contributed by atoms with Crippen molar-refractivity contribution in [1.82, 2.24) is 4.31 Å². The second kappa shape index (κ2) is 6.37. The van der Waals surface area contributed by atoms with Crippen LogP contribution in [0.25, 0.3) is 0 Å². The van der Waals surface area contributed by atoms with Gasteiger partial charge in [-0.15, -0.1) is 22.9 Å². The largest absolute Gasteiger partial charge is 0.244 e. The maximum absolute atomic E-state index is 12.5. The molecule has 0 bridgehead atoms. The number of thiophene rings is 1. The van der Waals surface area contributed by atoms with Crippen molar-refractivity contribution in [3.63, 3.8) is 0 Å². The highest BCUT2D eigenvalue weighted by molar-refractivity contribution is 7.89. The monoisotopic (exact) mass is 309 g/mol. The van der Waals surface area contributed by atoms with Crippen LogP contribution >= 0.6 is 22.9 Å². The van der Waals surface area contributed by atoms with Crippen molar-refractivity contribution < 1.29 is 8.42 Å². The Morgan fingerprint density at radius 2 is 2.06 bits per heavy atom. The molecule has 0 unspecified atom stereocenters. The van der Waals surface area contributed by atoms with Gasteiger partial charge in [-0.2, -0.15) is 4.31 Å². The molecule has 1 rings (SSSR count). The molecule has 0 amide bonds. The third kappa shape index (κ3) is 3.47. The van der Waals surface area contributed by atoms with Crippen molar-refractivity contribution in [2.75, 3.05) is 13.1 Å². The van der Waals surface area contributed by atoms with Gasteiger partial charge in [-0.05, 0) is 18.9 Å². The van der Waals surface area contributed by atoms with Gasteiger partial charge >= 0.3 is 0 Å². The predicted octanol–water partition coefficient (Wildman–Crippen LogP) is 3.46. The van der Waals surface area contributed by atoms with E-state index in [-0.39, 0.29) is 0 Å². The van der Waals surface area contributed by atoms with Crippen molar-refractivity contribution in [3.8, 4) is 0 Å². The number of hydrogen-bond acceptors (Lipinski definition) is 3. The molecule has 18 heavy (non-hydrogen) atoms. The molecule has 1 aromatic heterocycles. The van der Waals surface area contributed by atoms with E-state index in [4.69, 9.17) is 11.6 Å². The molecule has 0 aliphatic rings. The highest BCUT2D eigenvalue weighted by Crippen LogP contribution is 2.29. The Hall–Kier alpha value is -0.100. The minimum absolute atomic E-state index is 0.311. The molecule has 104 valence electrons. The standard InChI is InChI=1S/C12H20ClNO2S2/c1-5-14(8-9(2)3)18(15,16)12-6-11(7-13)17-10(12)4/h6,9H,5,7-8H2,1-4H3. The number of aryl methyl sites for hydroxylation is 1. The van der Waals surface area contributed by atoms with E-state index in [1.807, 2.05) is 27.7 Å². The number of sulfonamides is 1. The molecule has 1 aromatic rings. The fourth-order valence-electron chi connectivity index (χ4n) is 1.79. The number of nitrogens with zero attached hydrogens (tertiary/aromatic N) is 1. The average Bonchev–Trinajstić information content (AvgIpc) is 2.67. The van der Waals surface area contributed by atoms with Crippen LogP contribution in [0.1, 0.15) is 30.5 Å². The van der Waals surface area contributed by atoms with Crippen LogP contribution in [0.3, 0.4) is 0 Å². The maximum Gasteiger partial charge on any atom is 0.244 e. The van der Waals surface area contributed by atoms with Gasteiger partial charge in [0, 0.05) is 22.8 Å². The summed E-state index contributed by atoms with van der Waals surface area (Å²) in [6, 6.07) is 1.70. The molecule has 6 heteroatoms. The average molecular weight is 310 g/mol. The first-order chi connectivity index (χ1) is 8.32. The number of halogens is 1. The number of alkyl halides is 1. The van der Waals surface area contributed by atoms with Gasteiger partial charge in [-0.1, -0.05) is 20.8 Å². The minimum atomic E-state index is -3.38. The van der Waals surface area contributed by atoms with E-state index in [0.29, 0.717) is 29.8 Å². The Labute approximate surface area is 119 Å². The van der Waals surface area contributed by atoms with Crippen LogP contribution in [0.4, 0.5) is 0 Å². The van der Waals surface area contributed by atoms with E-state index in [1.54, 1.807) is 6.07 Å². The van der Waals surface area contributed by atoms with Crippen LogP contribution in [-0.2, 0) is 15.9 Å². The highest BCUT2D eigenvalue weighted by atomic mass is 35.5. The molecule has 0 aliphatic heterocycles. The molecule has 0 fully saturated rings. The molecule has 0 atom stereocenters. The topological polar surface area (TPSA) is 37.4 Å².